The molecule has 2 rings (SSSR count). The minimum atomic E-state index is -3.90. The number of benzene rings is 1. The van der Waals surface area contributed by atoms with E-state index in [1.54, 1.807) is 0 Å². The average Bonchev–Trinajstić information content (AvgIpc) is 2.87. The minimum Gasteiger partial charge on any atom is -0.494 e. The third-order valence-electron chi connectivity index (χ3n) is 2.57. The molecule has 0 aliphatic heterocycles. The number of rotatable bonds is 5. The number of nitrogens with two attached hydrogens (primary N) is 1. The lowest BCUT2D eigenvalue weighted by Crippen LogP contribution is -2.16. The summed E-state index contributed by atoms with van der Waals surface area (Å²) in [5, 5.41) is 5.84. The van der Waals surface area contributed by atoms with Gasteiger partial charge in [0.15, 0.2) is 16.6 Å². The van der Waals surface area contributed by atoms with Gasteiger partial charge in [-0.2, -0.15) is 13.5 Å². The second kappa shape index (κ2) is 5.47. The van der Waals surface area contributed by atoms with E-state index < -0.39 is 15.8 Å². The number of ether oxygens (including phenoxy) is 1. The molecule has 2 aromatic rings. The van der Waals surface area contributed by atoms with E-state index in [1.807, 2.05) is 0 Å². The lowest BCUT2D eigenvalue weighted by molar-refractivity contribution is 0.386. The summed E-state index contributed by atoms with van der Waals surface area (Å²) in [5.74, 6) is -0.645. The molecule has 0 saturated carbocycles. The first-order chi connectivity index (χ1) is 9.47. The fraction of sp³-hybridized carbons (Fsp3) is 0.182. The number of nitrogens with zero attached hydrogens (tertiary/aromatic N) is 1. The fourth-order valence-corrected chi connectivity index (χ4v) is 2.81. The molecule has 0 radical (unpaired) electrons. The molecule has 9 heteroatoms. The first kappa shape index (κ1) is 14.3. The van der Waals surface area contributed by atoms with Crippen LogP contribution in [-0.4, -0.2) is 25.7 Å². The first-order valence-electron chi connectivity index (χ1n) is 5.56. The van der Waals surface area contributed by atoms with Gasteiger partial charge in [0.05, 0.1) is 19.0 Å². The highest BCUT2D eigenvalue weighted by Crippen LogP contribution is 2.23. The van der Waals surface area contributed by atoms with Crippen molar-refractivity contribution >= 4 is 15.7 Å². The van der Waals surface area contributed by atoms with Crippen molar-refractivity contribution < 1.29 is 17.5 Å². The Labute approximate surface area is 115 Å². The number of aromatic nitrogens is 2. The van der Waals surface area contributed by atoms with Crippen molar-refractivity contribution in [3.63, 3.8) is 0 Å². The number of halogens is 1. The van der Waals surface area contributed by atoms with Crippen LogP contribution in [0.1, 0.15) is 5.56 Å². The van der Waals surface area contributed by atoms with E-state index in [1.165, 1.54) is 25.4 Å². The van der Waals surface area contributed by atoms with E-state index in [4.69, 9.17) is 10.5 Å². The number of methoxy groups -OCH3 is 1. The summed E-state index contributed by atoms with van der Waals surface area (Å²) in [6.45, 7) is 0.0176. The van der Waals surface area contributed by atoms with Crippen LogP contribution in [0.5, 0.6) is 5.75 Å². The summed E-state index contributed by atoms with van der Waals surface area (Å²) in [7, 11) is -2.58. The summed E-state index contributed by atoms with van der Waals surface area (Å²) in [5.41, 5.74) is 5.83. The molecule has 4 N–H and O–H groups in total. The highest BCUT2D eigenvalue weighted by atomic mass is 32.2. The van der Waals surface area contributed by atoms with Gasteiger partial charge in [-0.3, -0.25) is 9.82 Å². The second-order valence-corrected chi connectivity index (χ2v) is 5.50. The van der Waals surface area contributed by atoms with Crippen molar-refractivity contribution in [2.45, 2.75) is 11.6 Å². The van der Waals surface area contributed by atoms with Crippen LogP contribution < -0.4 is 15.2 Å². The zero-order valence-corrected chi connectivity index (χ0v) is 11.4. The van der Waals surface area contributed by atoms with Gasteiger partial charge in [0.1, 0.15) is 0 Å². The van der Waals surface area contributed by atoms with Gasteiger partial charge in [-0.05, 0) is 12.1 Å². The smallest absolute Gasteiger partial charge is 0.279 e. The number of nitrogens with one attached hydrogen (secondary N) is 2. The summed E-state index contributed by atoms with van der Waals surface area (Å²) >= 11 is 0. The summed E-state index contributed by atoms with van der Waals surface area (Å²) in [6.07, 6.45) is 1.32. The fourth-order valence-electron chi connectivity index (χ4n) is 1.61. The van der Waals surface area contributed by atoms with Crippen LogP contribution in [-0.2, 0) is 16.6 Å². The Morgan fingerprint density at radius 3 is 2.85 bits per heavy atom. The lowest BCUT2D eigenvalue weighted by Gasteiger charge is -2.09. The van der Waals surface area contributed by atoms with Crippen molar-refractivity contribution in [1.29, 1.82) is 0 Å². The van der Waals surface area contributed by atoms with E-state index in [9.17, 15) is 12.8 Å². The monoisotopic (exact) mass is 300 g/mol. The lowest BCUT2D eigenvalue weighted by atomic mass is 10.3. The third kappa shape index (κ3) is 2.73. The molecule has 1 aromatic heterocycles. The van der Waals surface area contributed by atoms with Crippen LogP contribution >= 0.6 is 0 Å². The van der Waals surface area contributed by atoms with E-state index in [-0.39, 0.29) is 23.0 Å². The Bertz CT molecular complexity index is 714. The average molecular weight is 300 g/mol. The van der Waals surface area contributed by atoms with Gasteiger partial charge in [-0.1, -0.05) is 0 Å². The Hall–Kier alpha value is -2.13. The number of hydrogen-bond acceptors (Lipinski definition) is 5. The summed E-state index contributed by atoms with van der Waals surface area (Å²) in [4.78, 5) is 0. The molecule has 0 saturated heterocycles. The number of anilines is 1. The van der Waals surface area contributed by atoms with E-state index in [0.717, 1.165) is 6.07 Å². The maximum absolute atomic E-state index is 13.5. The molecule has 0 spiro atoms. The Balaban J connectivity index is 2.31. The van der Waals surface area contributed by atoms with Crippen LogP contribution in [0.25, 0.3) is 0 Å². The molecule has 1 aromatic carbocycles. The molecule has 0 aliphatic rings. The molecule has 0 aliphatic carbocycles. The molecule has 0 atom stereocenters. The quantitative estimate of drug-likeness (QED) is 0.757. The Kier molecular flexibility index (Phi) is 3.91. The van der Waals surface area contributed by atoms with Crippen LogP contribution in [0.3, 0.4) is 0 Å². The number of aromatic amines is 1. The minimum absolute atomic E-state index is 0.0176. The molecule has 108 valence electrons. The van der Waals surface area contributed by atoms with Gasteiger partial charge in [0.25, 0.3) is 10.0 Å². The number of H-pyrrole nitrogens is 1. The SMILES string of the molecule is COc1ccc(NS(=O)(=O)c2[nH]ncc2CN)cc1F. The zero-order chi connectivity index (χ0) is 14.8. The van der Waals surface area contributed by atoms with Crippen molar-refractivity contribution in [3.8, 4) is 5.75 Å². The first-order valence-corrected chi connectivity index (χ1v) is 7.05. The molecule has 0 bridgehead atoms. The van der Waals surface area contributed by atoms with Gasteiger partial charge in [-0.15, -0.1) is 0 Å². The molecule has 0 fully saturated rings. The normalized spacial score (nSPS) is 11.3. The second-order valence-electron chi connectivity index (χ2n) is 3.88. The van der Waals surface area contributed by atoms with Gasteiger partial charge in [-0.25, -0.2) is 4.39 Å². The van der Waals surface area contributed by atoms with Gasteiger partial charge < -0.3 is 10.5 Å². The number of sulfonamides is 1. The van der Waals surface area contributed by atoms with E-state index in [0.29, 0.717) is 5.56 Å². The Morgan fingerprint density at radius 1 is 1.50 bits per heavy atom. The van der Waals surface area contributed by atoms with Gasteiger partial charge in [0.2, 0.25) is 0 Å². The van der Waals surface area contributed by atoms with Crippen molar-refractivity contribution in [3.05, 3.63) is 35.8 Å². The topological polar surface area (TPSA) is 110 Å². The number of hydrogen-bond donors (Lipinski definition) is 3. The van der Waals surface area contributed by atoms with Crippen LogP contribution in [0.15, 0.2) is 29.4 Å². The predicted molar refractivity (Wildman–Crippen MR) is 70.2 cm³/mol. The zero-order valence-electron chi connectivity index (χ0n) is 10.6. The Morgan fingerprint density at radius 2 is 2.25 bits per heavy atom. The van der Waals surface area contributed by atoms with E-state index >= 15 is 0 Å². The molecule has 0 unspecified atom stereocenters. The third-order valence-corrected chi connectivity index (χ3v) is 3.97. The van der Waals surface area contributed by atoms with Gasteiger partial charge >= 0.3 is 0 Å². The molecule has 0 amide bonds. The highest BCUT2D eigenvalue weighted by Gasteiger charge is 2.20. The van der Waals surface area contributed by atoms with Crippen LogP contribution in [0.2, 0.25) is 0 Å². The summed E-state index contributed by atoms with van der Waals surface area (Å²) in [6, 6.07) is 3.73. The van der Waals surface area contributed by atoms with Crippen molar-refractivity contribution in [1.82, 2.24) is 10.2 Å². The largest absolute Gasteiger partial charge is 0.494 e. The maximum atomic E-state index is 13.5. The molecular weight excluding hydrogens is 287 g/mol. The van der Waals surface area contributed by atoms with Crippen LogP contribution in [0.4, 0.5) is 10.1 Å². The molecule has 1 heterocycles. The predicted octanol–water partition coefficient (Wildman–Crippen LogP) is 0.817. The molecular formula is C11H13FN4O3S. The van der Waals surface area contributed by atoms with Gasteiger partial charge in [0, 0.05) is 18.2 Å². The van der Waals surface area contributed by atoms with Crippen molar-refractivity contribution in [2.75, 3.05) is 11.8 Å². The summed E-state index contributed by atoms with van der Waals surface area (Å²) < 4.78 is 44.7. The molecule has 20 heavy (non-hydrogen) atoms. The standard InChI is InChI=1S/C11H13FN4O3S/c1-19-10-3-2-8(4-9(10)12)16-20(17,18)11-7(5-13)6-14-15-11/h2-4,6,16H,5,13H2,1H3,(H,14,15). The molecule has 7 nitrogen and oxygen atoms in total. The van der Waals surface area contributed by atoms with Crippen molar-refractivity contribution in [2.24, 2.45) is 5.73 Å². The van der Waals surface area contributed by atoms with E-state index in [2.05, 4.69) is 14.9 Å². The van der Waals surface area contributed by atoms with Crippen LogP contribution in [0, 0.1) is 5.82 Å². The maximum Gasteiger partial charge on any atom is 0.279 e. The highest BCUT2D eigenvalue weighted by molar-refractivity contribution is 7.92.